The zero-order valence-electron chi connectivity index (χ0n) is 18.9. The maximum Gasteiger partial charge on any atom is 0.573 e. The van der Waals surface area contributed by atoms with Crippen molar-refractivity contribution in [2.24, 2.45) is 5.92 Å². The number of rotatable bonds is 5. The molecule has 1 fully saturated rings. The van der Waals surface area contributed by atoms with E-state index in [-0.39, 0.29) is 11.3 Å². The minimum Gasteiger partial charge on any atom is -0.406 e. The number of hydrogen-bond acceptors (Lipinski definition) is 4. The Morgan fingerprint density at radius 3 is 2.47 bits per heavy atom. The van der Waals surface area contributed by atoms with Crippen LogP contribution in [0.3, 0.4) is 0 Å². The minimum atomic E-state index is -4.69. The molecule has 0 aliphatic carbocycles. The lowest BCUT2D eigenvalue weighted by Gasteiger charge is -2.34. The number of hydrogen-bond donors (Lipinski definition) is 0. The average molecular weight is 492 g/mol. The summed E-state index contributed by atoms with van der Waals surface area (Å²) in [7, 11) is 0. The second-order valence-electron chi connectivity index (χ2n) is 8.58. The SMILES string of the molecule is Cc1cc(=O)n(-c2ccc(N3CCC(Cc4cccc(OC(F)(F)F)c4)CC3)c(Cl)c2)c(C)n1. The Labute approximate surface area is 200 Å². The van der Waals surface area contributed by atoms with Crippen molar-refractivity contribution >= 4 is 17.3 Å². The molecule has 1 aliphatic heterocycles. The molecule has 0 unspecified atom stereocenters. The van der Waals surface area contributed by atoms with Crippen molar-refractivity contribution in [1.29, 1.82) is 0 Å². The van der Waals surface area contributed by atoms with Crippen LogP contribution in [0.4, 0.5) is 18.9 Å². The number of anilines is 1. The molecular weight excluding hydrogens is 467 g/mol. The molecule has 3 aromatic rings. The smallest absolute Gasteiger partial charge is 0.406 e. The average Bonchev–Trinajstić information content (AvgIpc) is 2.73. The van der Waals surface area contributed by atoms with Crippen LogP contribution in [0.15, 0.2) is 53.3 Å². The van der Waals surface area contributed by atoms with Crippen LogP contribution in [0.5, 0.6) is 5.75 Å². The predicted octanol–water partition coefficient (Wildman–Crippen LogP) is 5.86. The van der Waals surface area contributed by atoms with Crippen molar-refractivity contribution in [1.82, 2.24) is 9.55 Å². The van der Waals surface area contributed by atoms with Gasteiger partial charge in [0.15, 0.2) is 0 Å². The lowest BCUT2D eigenvalue weighted by molar-refractivity contribution is -0.274. The number of aromatic nitrogens is 2. The van der Waals surface area contributed by atoms with E-state index in [0.29, 0.717) is 34.6 Å². The number of halogens is 4. The van der Waals surface area contributed by atoms with E-state index in [2.05, 4.69) is 14.6 Å². The van der Waals surface area contributed by atoms with Gasteiger partial charge in [-0.25, -0.2) is 4.98 Å². The van der Waals surface area contributed by atoms with Crippen LogP contribution in [-0.4, -0.2) is 29.0 Å². The first-order valence-corrected chi connectivity index (χ1v) is 11.4. The zero-order valence-corrected chi connectivity index (χ0v) is 19.7. The molecule has 4 rings (SSSR count). The fraction of sp³-hybridized carbons (Fsp3) is 0.360. The van der Waals surface area contributed by atoms with Gasteiger partial charge in [-0.3, -0.25) is 9.36 Å². The van der Waals surface area contributed by atoms with Gasteiger partial charge in [-0.2, -0.15) is 0 Å². The maximum absolute atomic E-state index is 12.5. The van der Waals surface area contributed by atoms with Crippen LogP contribution in [0, 0.1) is 19.8 Å². The molecule has 180 valence electrons. The fourth-order valence-corrected chi connectivity index (χ4v) is 4.82. The highest BCUT2D eigenvalue weighted by Gasteiger charge is 2.31. The molecular formula is C25H25ClF3N3O2. The Morgan fingerprint density at radius 1 is 1.09 bits per heavy atom. The highest BCUT2D eigenvalue weighted by Crippen LogP contribution is 2.33. The van der Waals surface area contributed by atoms with Crippen LogP contribution in [0.1, 0.15) is 29.9 Å². The van der Waals surface area contributed by atoms with Gasteiger partial charge in [-0.15, -0.1) is 13.2 Å². The third kappa shape index (κ3) is 5.73. The molecule has 0 radical (unpaired) electrons. The third-order valence-electron chi connectivity index (χ3n) is 6.02. The van der Waals surface area contributed by atoms with Gasteiger partial charge in [0.1, 0.15) is 11.6 Å². The topological polar surface area (TPSA) is 47.4 Å². The summed E-state index contributed by atoms with van der Waals surface area (Å²) in [6, 6.07) is 13.2. The number of ether oxygens (including phenoxy) is 1. The van der Waals surface area contributed by atoms with Crippen molar-refractivity contribution in [3.8, 4) is 11.4 Å². The highest BCUT2D eigenvalue weighted by molar-refractivity contribution is 6.33. The molecule has 34 heavy (non-hydrogen) atoms. The molecule has 1 aliphatic rings. The molecule has 1 saturated heterocycles. The lowest BCUT2D eigenvalue weighted by Crippen LogP contribution is -2.34. The maximum atomic E-state index is 12.5. The van der Waals surface area contributed by atoms with Gasteiger partial charge in [0.25, 0.3) is 5.56 Å². The molecule has 0 N–H and O–H groups in total. The lowest BCUT2D eigenvalue weighted by atomic mass is 9.90. The van der Waals surface area contributed by atoms with E-state index < -0.39 is 6.36 Å². The summed E-state index contributed by atoms with van der Waals surface area (Å²) >= 11 is 6.60. The van der Waals surface area contributed by atoms with Crippen molar-refractivity contribution in [2.75, 3.05) is 18.0 Å². The first-order chi connectivity index (χ1) is 16.1. The zero-order chi connectivity index (χ0) is 24.5. The largest absolute Gasteiger partial charge is 0.573 e. The first kappa shape index (κ1) is 24.1. The number of benzene rings is 2. The number of piperidine rings is 1. The van der Waals surface area contributed by atoms with E-state index in [9.17, 15) is 18.0 Å². The summed E-state index contributed by atoms with van der Waals surface area (Å²) in [5, 5.41) is 0.555. The molecule has 0 bridgehead atoms. The van der Waals surface area contributed by atoms with Crippen molar-refractivity contribution in [2.45, 2.75) is 39.5 Å². The van der Waals surface area contributed by atoms with Crippen molar-refractivity contribution in [3.05, 3.63) is 81.0 Å². The van der Waals surface area contributed by atoms with Gasteiger partial charge < -0.3 is 9.64 Å². The van der Waals surface area contributed by atoms with E-state index in [1.165, 1.54) is 22.8 Å². The van der Waals surface area contributed by atoms with E-state index >= 15 is 0 Å². The molecule has 0 saturated carbocycles. The van der Waals surface area contributed by atoms with Gasteiger partial charge in [-0.1, -0.05) is 23.7 Å². The Kier molecular flexibility index (Phi) is 6.89. The predicted molar refractivity (Wildman–Crippen MR) is 126 cm³/mol. The monoisotopic (exact) mass is 491 g/mol. The first-order valence-electron chi connectivity index (χ1n) is 11.1. The molecule has 2 heterocycles. The Hall–Kier alpha value is -3.00. The molecule has 0 atom stereocenters. The van der Waals surface area contributed by atoms with E-state index in [0.717, 1.165) is 37.2 Å². The summed E-state index contributed by atoms with van der Waals surface area (Å²) in [6.45, 7) is 5.14. The van der Waals surface area contributed by atoms with Crippen LogP contribution >= 0.6 is 11.6 Å². The van der Waals surface area contributed by atoms with Crippen LogP contribution in [0.25, 0.3) is 5.69 Å². The number of nitrogens with zero attached hydrogens (tertiary/aromatic N) is 3. The molecule has 0 amide bonds. The van der Waals surface area contributed by atoms with Crippen LogP contribution in [-0.2, 0) is 6.42 Å². The number of alkyl halides is 3. The Balaban J connectivity index is 1.41. The molecule has 5 nitrogen and oxygen atoms in total. The fourth-order valence-electron chi connectivity index (χ4n) is 4.53. The normalized spacial score (nSPS) is 14.9. The third-order valence-corrected chi connectivity index (χ3v) is 6.32. The summed E-state index contributed by atoms with van der Waals surface area (Å²) in [5.41, 5.74) is 2.91. The van der Waals surface area contributed by atoms with Gasteiger partial charge in [0.05, 0.1) is 16.4 Å². The van der Waals surface area contributed by atoms with Crippen molar-refractivity contribution in [3.63, 3.8) is 0 Å². The van der Waals surface area contributed by atoms with Gasteiger partial charge in [0, 0.05) is 24.8 Å². The quantitative estimate of drug-likeness (QED) is 0.448. The second kappa shape index (κ2) is 9.70. The van der Waals surface area contributed by atoms with Gasteiger partial charge in [0.2, 0.25) is 0 Å². The summed E-state index contributed by atoms with van der Waals surface area (Å²) in [5.74, 6) is 0.766. The molecule has 1 aromatic heterocycles. The highest BCUT2D eigenvalue weighted by atomic mass is 35.5. The molecule has 0 spiro atoms. The standard InChI is InChI=1S/C25H25ClF3N3O2/c1-16-12-24(33)32(17(2)30-16)20-6-7-23(22(26)15-20)31-10-8-18(9-11-31)13-19-4-3-5-21(14-19)34-25(27,28)29/h3-7,12,14-15,18H,8-11,13H2,1-2H3. The van der Waals surface area contributed by atoms with Gasteiger partial charge in [-0.05, 0) is 74.9 Å². The minimum absolute atomic E-state index is 0.153. The Bertz CT molecular complexity index is 1230. The molecule has 9 heteroatoms. The van der Waals surface area contributed by atoms with E-state index in [1.807, 2.05) is 18.2 Å². The Morgan fingerprint density at radius 2 is 1.82 bits per heavy atom. The van der Waals surface area contributed by atoms with Gasteiger partial charge >= 0.3 is 6.36 Å². The van der Waals surface area contributed by atoms with Crippen LogP contribution < -0.4 is 15.2 Å². The van der Waals surface area contributed by atoms with Crippen LogP contribution in [0.2, 0.25) is 5.02 Å². The molecule has 2 aromatic carbocycles. The summed E-state index contributed by atoms with van der Waals surface area (Å²) in [4.78, 5) is 19.0. The second-order valence-corrected chi connectivity index (χ2v) is 8.99. The summed E-state index contributed by atoms with van der Waals surface area (Å²) in [6.07, 6.45) is -2.22. The van der Waals surface area contributed by atoms with E-state index in [4.69, 9.17) is 11.6 Å². The van der Waals surface area contributed by atoms with E-state index in [1.54, 1.807) is 26.0 Å². The van der Waals surface area contributed by atoms with Crippen molar-refractivity contribution < 1.29 is 17.9 Å². The summed E-state index contributed by atoms with van der Waals surface area (Å²) < 4.78 is 43.0. The number of aryl methyl sites for hydroxylation is 2.